The predicted molar refractivity (Wildman–Crippen MR) is 107 cm³/mol. The summed E-state index contributed by atoms with van der Waals surface area (Å²) in [4.78, 5) is 25.5. The van der Waals surface area contributed by atoms with E-state index >= 15 is 0 Å². The van der Waals surface area contributed by atoms with E-state index in [1.54, 1.807) is 24.5 Å². The number of pyridine rings is 2. The predicted octanol–water partition coefficient (Wildman–Crippen LogP) is 2.76. The molecule has 0 radical (unpaired) electrons. The standard InChI is InChI=1S/C22H28N4O2/c27-22(18-4-11-23-12-5-18)26-13-6-20(7-14-26)25-15-8-21(9-16-25)28-17-19-3-1-2-10-24-19/h1-5,10-12,20-21H,6-9,13-17H2. The first-order valence-electron chi connectivity index (χ1n) is 10.2. The molecule has 0 atom stereocenters. The molecule has 4 heterocycles. The van der Waals surface area contributed by atoms with Crippen LogP contribution in [0.1, 0.15) is 41.7 Å². The van der Waals surface area contributed by atoms with Gasteiger partial charge in [0.2, 0.25) is 0 Å². The van der Waals surface area contributed by atoms with Crippen LogP contribution in [-0.4, -0.2) is 64.0 Å². The van der Waals surface area contributed by atoms with Crippen LogP contribution < -0.4 is 0 Å². The summed E-state index contributed by atoms with van der Waals surface area (Å²) in [6.07, 6.45) is 9.75. The number of hydrogen-bond donors (Lipinski definition) is 0. The molecule has 2 aromatic rings. The van der Waals surface area contributed by atoms with Crippen molar-refractivity contribution in [3.63, 3.8) is 0 Å². The second kappa shape index (κ2) is 9.26. The maximum Gasteiger partial charge on any atom is 0.253 e. The third-order valence-corrected chi connectivity index (χ3v) is 5.87. The van der Waals surface area contributed by atoms with Gasteiger partial charge < -0.3 is 14.5 Å². The second-order valence-electron chi connectivity index (χ2n) is 7.63. The Labute approximate surface area is 166 Å². The van der Waals surface area contributed by atoms with Gasteiger partial charge in [0.1, 0.15) is 0 Å². The topological polar surface area (TPSA) is 58.6 Å². The lowest BCUT2D eigenvalue weighted by molar-refractivity contribution is -0.0181. The van der Waals surface area contributed by atoms with Gasteiger partial charge in [-0.3, -0.25) is 14.8 Å². The van der Waals surface area contributed by atoms with Crippen LogP contribution in [0.25, 0.3) is 0 Å². The highest BCUT2D eigenvalue weighted by atomic mass is 16.5. The van der Waals surface area contributed by atoms with Gasteiger partial charge in [-0.25, -0.2) is 0 Å². The van der Waals surface area contributed by atoms with E-state index in [2.05, 4.69) is 14.9 Å². The normalized spacial score (nSPS) is 19.6. The van der Waals surface area contributed by atoms with Crippen molar-refractivity contribution in [1.29, 1.82) is 0 Å². The summed E-state index contributed by atoms with van der Waals surface area (Å²) in [6.45, 7) is 4.43. The van der Waals surface area contributed by atoms with Crippen LogP contribution in [0.15, 0.2) is 48.9 Å². The fourth-order valence-corrected chi connectivity index (χ4v) is 4.21. The van der Waals surface area contributed by atoms with Crippen molar-refractivity contribution in [3.8, 4) is 0 Å². The van der Waals surface area contributed by atoms with Crippen LogP contribution >= 0.6 is 0 Å². The Kier molecular flexibility index (Phi) is 6.29. The van der Waals surface area contributed by atoms with Crippen molar-refractivity contribution in [2.45, 2.75) is 44.4 Å². The first-order valence-corrected chi connectivity index (χ1v) is 10.2. The van der Waals surface area contributed by atoms with Crippen LogP contribution in [0.5, 0.6) is 0 Å². The maximum atomic E-state index is 12.6. The zero-order chi connectivity index (χ0) is 19.2. The molecule has 1 amide bonds. The van der Waals surface area contributed by atoms with E-state index < -0.39 is 0 Å². The molecule has 28 heavy (non-hydrogen) atoms. The molecule has 148 valence electrons. The number of ether oxygens (including phenoxy) is 1. The molecule has 2 aromatic heterocycles. The minimum absolute atomic E-state index is 0.127. The molecule has 0 aliphatic carbocycles. The molecule has 2 aliphatic rings. The van der Waals surface area contributed by atoms with Gasteiger partial charge >= 0.3 is 0 Å². The summed E-state index contributed by atoms with van der Waals surface area (Å²) in [5.41, 5.74) is 1.73. The lowest BCUT2D eigenvalue weighted by atomic mass is 9.98. The third kappa shape index (κ3) is 4.75. The van der Waals surface area contributed by atoms with Crippen molar-refractivity contribution < 1.29 is 9.53 Å². The Bertz CT molecular complexity index is 740. The Balaban J connectivity index is 1.19. The van der Waals surface area contributed by atoms with Crippen molar-refractivity contribution in [2.75, 3.05) is 26.2 Å². The fourth-order valence-electron chi connectivity index (χ4n) is 4.21. The molecule has 2 saturated heterocycles. The largest absolute Gasteiger partial charge is 0.372 e. The molecule has 0 spiro atoms. The van der Waals surface area contributed by atoms with E-state index in [0.29, 0.717) is 18.8 Å². The van der Waals surface area contributed by atoms with Crippen LogP contribution in [-0.2, 0) is 11.3 Å². The average molecular weight is 380 g/mol. The number of piperidine rings is 2. The zero-order valence-corrected chi connectivity index (χ0v) is 16.2. The number of carbonyl (C=O) groups is 1. The minimum atomic E-state index is 0.127. The lowest BCUT2D eigenvalue weighted by Gasteiger charge is -2.41. The van der Waals surface area contributed by atoms with Gasteiger partial charge in [0, 0.05) is 56.4 Å². The average Bonchev–Trinajstić information content (AvgIpc) is 2.79. The molecule has 0 unspecified atom stereocenters. The van der Waals surface area contributed by atoms with Crippen molar-refractivity contribution in [1.82, 2.24) is 19.8 Å². The molecule has 0 aromatic carbocycles. The van der Waals surface area contributed by atoms with Crippen molar-refractivity contribution in [2.24, 2.45) is 0 Å². The molecular weight excluding hydrogens is 352 g/mol. The number of carbonyl (C=O) groups excluding carboxylic acids is 1. The summed E-state index contributed by atoms with van der Waals surface area (Å²) < 4.78 is 6.06. The van der Waals surface area contributed by atoms with Crippen LogP contribution in [0.2, 0.25) is 0 Å². The summed E-state index contributed by atoms with van der Waals surface area (Å²) in [7, 11) is 0. The SMILES string of the molecule is O=C(c1ccncc1)N1CCC(N2CCC(OCc3ccccn3)CC2)CC1. The van der Waals surface area contributed by atoms with E-state index in [0.717, 1.165) is 63.1 Å². The van der Waals surface area contributed by atoms with Gasteiger partial charge in [-0.1, -0.05) is 6.07 Å². The van der Waals surface area contributed by atoms with Crippen molar-refractivity contribution >= 4 is 5.91 Å². The monoisotopic (exact) mass is 380 g/mol. The highest BCUT2D eigenvalue weighted by molar-refractivity contribution is 5.94. The lowest BCUT2D eigenvalue weighted by Crippen LogP contribution is -2.49. The van der Waals surface area contributed by atoms with Crippen LogP contribution in [0, 0.1) is 0 Å². The number of rotatable bonds is 5. The number of likely N-dealkylation sites (tertiary alicyclic amines) is 2. The van der Waals surface area contributed by atoms with Crippen LogP contribution in [0.3, 0.4) is 0 Å². The zero-order valence-electron chi connectivity index (χ0n) is 16.2. The smallest absolute Gasteiger partial charge is 0.253 e. The summed E-state index contributed by atoms with van der Waals surface area (Å²) in [5, 5.41) is 0. The maximum absolute atomic E-state index is 12.6. The Morgan fingerprint density at radius 3 is 2.39 bits per heavy atom. The summed E-state index contributed by atoms with van der Waals surface area (Å²) in [6, 6.07) is 10.1. The molecule has 2 aliphatic heterocycles. The van der Waals surface area contributed by atoms with E-state index in [4.69, 9.17) is 4.74 Å². The number of aromatic nitrogens is 2. The van der Waals surface area contributed by atoms with Gasteiger partial charge in [-0.15, -0.1) is 0 Å². The highest BCUT2D eigenvalue weighted by Crippen LogP contribution is 2.23. The fraction of sp³-hybridized carbons (Fsp3) is 0.500. The quantitative estimate of drug-likeness (QED) is 0.798. The molecular formula is C22H28N4O2. The molecule has 0 saturated carbocycles. The van der Waals surface area contributed by atoms with Gasteiger partial charge in [0.15, 0.2) is 0 Å². The Morgan fingerprint density at radius 1 is 0.964 bits per heavy atom. The van der Waals surface area contributed by atoms with Crippen molar-refractivity contribution in [3.05, 3.63) is 60.2 Å². The Morgan fingerprint density at radius 2 is 1.71 bits per heavy atom. The molecule has 6 nitrogen and oxygen atoms in total. The summed E-state index contributed by atoms with van der Waals surface area (Å²) >= 11 is 0. The minimum Gasteiger partial charge on any atom is -0.372 e. The highest BCUT2D eigenvalue weighted by Gasteiger charge is 2.30. The van der Waals surface area contributed by atoms with E-state index in [9.17, 15) is 4.79 Å². The molecule has 6 heteroatoms. The van der Waals surface area contributed by atoms with E-state index in [1.807, 2.05) is 29.3 Å². The van der Waals surface area contributed by atoms with Gasteiger partial charge in [-0.05, 0) is 49.9 Å². The molecule has 0 bridgehead atoms. The van der Waals surface area contributed by atoms with Gasteiger partial charge in [0.05, 0.1) is 18.4 Å². The Hall–Kier alpha value is -2.31. The second-order valence-corrected chi connectivity index (χ2v) is 7.63. The van der Waals surface area contributed by atoms with Gasteiger partial charge in [-0.2, -0.15) is 0 Å². The van der Waals surface area contributed by atoms with Gasteiger partial charge in [0.25, 0.3) is 5.91 Å². The molecule has 4 rings (SSSR count). The summed E-state index contributed by atoms with van der Waals surface area (Å²) in [5.74, 6) is 0.127. The molecule has 0 N–H and O–H groups in total. The van der Waals surface area contributed by atoms with E-state index in [1.165, 1.54) is 0 Å². The third-order valence-electron chi connectivity index (χ3n) is 5.87. The number of nitrogens with zero attached hydrogens (tertiary/aromatic N) is 4. The van der Waals surface area contributed by atoms with E-state index in [-0.39, 0.29) is 5.91 Å². The van der Waals surface area contributed by atoms with Crippen LogP contribution in [0.4, 0.5) is 0 Å². The molecule has 2 fully saturated rings. The number of amides is 1. The number of hydrogen-bond acceptors (Lipinski definition) is 5. The first kappa shape index (κ1) is 19.0. The first-order chi connectivity index (χ1) is 13.8.